The molecule has 0 aromatic heterocycles. The first-order valence-electron chi connectivity index (χ1n) is 10.5. The predicted molar refractivity (Wildman–Crippen MR) is 124 cm³/mol. The van der Waals surface area contributed by atoms with Crippen LogP contribution in [0.4, 0.5) is 11.4 Å². The third-order valence-electron chi connectivity index (χ3n) is 5.59. The van der Waals surface area contributed by atoms with E-state index in [-0.39, 0.29) is 5.91 Å². The summed E-state index contributed by atoms with van der Waals surface area (Å²) in [6.45, 7) is 6.13. The van der Waals surface area contributed by atoms with E-state index in [0.29, 0.717) is 38.3 Å². The zero-order valence-corrected chi connectivity index (χ0v) is 19.4. The number of rotatable bonds is 7. The van der Waals surface area contributed by atoms with Crippen molar-refractivity contribution in [2.24, 2.45) is 0 Å². The summed E-state index contributed by atoms with van der Waals surface area (Å²) in [5.74, 6) is 0.644. The van der Waals surface area contributed by atoms with Gasteiger partial charge in [-0.05, 0) is 43.2 Å². The fourth-order valence-corrected chi connectivity index (χ4v) is 5.28. The van der Waals surface area contributed by atoms with Crippen LogP contribution in [0.25, 0.3) is 0 Å². The molecule has 0 saturated carbocycles. The van der Waals surface area contributed by atoms with E-state index >= 15 is 0 Å². The highest BCUT2D eigenvalue weighted by Crippen LogP contribution is 2.29. The number of carbonyl (C=O) groups excluding carboxylic acids is 1. The molecule has 0 radical (unpaired) electrons. The molecule has 0 N–H and O–H groups in total. The van der Waals surface area contributed by atoms with E-state index < -0.39 is 16.1 Å². The van der Waals surface area contributed by atoms with Crippen LogP contribution < -0.4 is 13.9 Å². The van der Waals surface area contributed by atoms with E-state index in [1.54, 1.807) is 24.1 Å². The Morgan fingerprint density at radius 2 is 1.77 bits per heavy atom. The second-order valence-electron chi connectivity index (χ2n) is 7.81. The minimum absolute atomic E-state index is 0.158. The number of anilines is 2. The number of piperazine rings is 1. The molecular weight excluding hydrogens is 414 g/mol. The van der Waals surface area contributed by atoms with Gasteiger partial charge in [0.15, 0.2) is 0 Å². The lowest BCUT2D eigenvalue weighted by Gasteiger charge is -2.40. The van der Waals surface area contributed by atoms with Crippen LogP contribution in [0, 0.1) is 6.92 Å². The Labute approximate surface area is 185 Å². The standard InChI is InChI=1S/C23H31N3O4S/c1-5-20(26(31(4,28)29)19-10-8-9-18(2)17-19)23(27)25-15-13-24(14-16-25)21-11-6-7-12-22(21)30-3/h6-12,17,20H,5,13-16H2,1-4H3/t20-/m1/s1. The van der Waals surface area contributed by atoms with Crippen molar-refractivity contribution in [3.63, 3.8) is 0 Å². The first-order valence-corrected chi connectivity index (χ1v) is 12.3. The highest BCUT2D eigenvalue weighted by Gasteiger charge is 2.35. The molecule has 2 aromatic carbocycles. The first-order chi connectivity index (χ1) is 14.8. The summed E-state index contributed by atoms with van der Waals surface area (Å²) in [4.78, 5) is 17.4. The molecule has 1 amide bonds. The molecule has 1 heterocycles. The van der Waals surface area contributed by atoms with Crippen molar-refractivity contribution < 1.29 is 17.9 Å². The Kier molecular flexibility index (Phi) is 7.10. The van der Waals surface area contributed by atoms with Gasteiger partial charge in [0.1, 0.15) is 11.8 Å². The summed E-state index contributed by atoms with van der Waals surface area (Å²) in [6, 6.07) is 14.3. The number of nitrogens with zero attached hydrogens (tertiary/aromatic N) is 3. The molecular formula is C23H31N3O4S. The molecule has 0 spiro atoms. The number of para-hydroxylation sites is 2. The first kappa shape index (κ1) is 22.9. The zero-order chi connectivity index (χ0) is 22.6. The third-order valence-corrected chi connectivity index (χ3v) is 6.77. The Morgan fingerprint density at radius 1 is 1.10 bits per heavy atom. The van der Waals surface area contributed by atoms with E-state index in [1.165, 1.54) is 4.31 Å². The zero-order valence-electron chi connectivity index (χ0n) is 18.6. The number of benzene rings is 2. The molecule has 168 valence electrons. The molecule has 0 aliphatic carbocycles. The van der Waals surface area contributed by atoms with E-state index in [9.17, 15) is 13.2 Å². The van der Waals surface area contributed by atoms with Crippen LogP contribution >= 0.6 is 0 Å². The lowest BCUT2D eigenvalue weighted by molar-refractivity contribution is -0.132. The van der Waals surface area contributed by atoms with Crippen molar-refractivity contribution in [2.45, 2.75) is 26.3 Å². The molecule has 8 heteroatoms. The van der Waals surface area contributed by atoms with Crippen molar-refractivity contribution in [1.82, 2.24) is 4.90 Å². The monoisotopic (exact) mass is 445 g/mol. The van der Waals surface area contributed by atoms with Crippen LogP contribution in [-0.4, -0.2) is 64.8 Å². The maximum Gasteiger partial charge on any atom is 0.246 e. The molecule has 3 rings (SSSR count). The summed E-state index contributed by atoms with van der Waals surface area (Å²) >= 11 is 0. The van der Waals surface area contributed by atoms with Gasteiger partial charge in [-0.25, -0.2) is 8.42 Å². The van der Waals surface area contributed by atoms with Gasteiger partial charge in [-0.1, -0.05) is 31.2 Å². The van der Waals surface area contributed by atoms with Gasteiger partial charge in [0, 0.05) is 26.2 Å². The second-order valence-corrected chi connectivity index (χ2v) is 9.67. The fraction of sp³-hybridized carbons (Fsp3) is 0.435. The van der Waals surface area contributed by atoms with Crippen molar-refractivity contribution in [3.05, 3.63) is 54.1 Å². The third kappa shape index (κ3) is 5.12. The number of methoxy groups -OCH3 is 1. The topological polar surface area (TPSA) is 70.2 Å². The number of hydrogen-bond acceptors (Lipinski definition) is 5. The Morgan fingerprint density at radius 3 is 2.35 bits per heavy atom. The molecule has 0 unspecified atom stereocenters. The van der Waals surface area contributed by atoms with Gasteiger partial charge < -0.3 is 14.5 Å². The Hall–Kier alpha value is -2.74. The molecule has 2 aromatic rings. The van der Waals surface area contributed by atoms with E-state index in [2.05, 4.69) is 4.90 Å². The highest BCUT2D eigenvalue weighted by atomic mass is 32.2. The molecule has 1 saturated heterocycles. The van der Waals surface area contributed by atoms with Gasteiger partial charge in [-0.15, -0.1) is 0 Å². The molecule has 1 atom stereocenters. The van der Waals surface area contributed by atoms with E-state index in [4.69, 9.17) is 4.74 Å². The number of aryl methyl sites for hydroxylation is 1. The predicted octanol–water partition coefficient (Wildman–Crippen LogP) is 2.90. The van der Waals surface area contributed by atoms with Gasteiger partial charge in [0.2, 0.25) is 15.9 Å². The van der Waals surface area contributed by atoms with E-state index in [0.717, 1.165) is 23.3 Å². The normalized spacial score (nSPS) is 15.5. The SMILES string of the molecule is CC[C@H](C(=O)N1CCN(c2ccccc2OC)CC1)N(c1cccc(C)c1)S(C)(=O)=O. The lowest BCUT2D eigenvalue weighted by atomic mass is 10.1. The number of hydrogen-bond donors (Lipinski definition) is 0. The van der Waals surface area contributed by atoms with Crippen LogP contribution in [0.15, 0.2) is 48.5 Å². The lowest BCUT2D eigenvalue weighted by Crippen LogP contribution is -2.56. The van der Waals surface area contributed by atoms with Gasteiger partial charge in [-0.3, -0.25) is 9.10 Å². The van der Waals surface area contributed by atoms with Crippen molar-refractivity contribution in [1.29, 1.82) is 0 Å². The van der Waals surface area contributed by atoms with Gasteiger partial charge in [0.05, 0.1) is 24.7 Å². The summed E-state index contributed by atoms with van der Waals surface area (Å²) in [6.07, 6.45) is 1.55. The maximum absolute atomic E-state index is 13.4. The maximum atomic E-state index is 13.4. The smallest absolute Gasteiger partial charge is 0.246 e. The quantitative estimate of drug-likeness (QED) is 0.655. The van der Waals surface area contributed by atoms with Crippen LogP contribution in [0.5, 0.6) is 5.75 Å². The number of ether oxygens (including phenoxy) is 1. The number of amides is 1. The summed E-state index contributed by atoms with van der Waals surface area (Å²) in [5, 5.41) is 0. The Bertz CT molecular complexity index is 1020. The highest BCUT2D eigenvalue weighted by molar-refractivity contribution is 7.92. The second kappa shape index (κ2) is 9.60. The largest absolute Gasteiger partial charge is 0.495 e. The molecule has 7 nitrogen and oxygen atoms in total. The molecule has 31 heavy (non-hydrogen) atoms. The minimum atomic E-state index is -3.63. The number of sulfonamides is 1. The average molecular weight is 446 g/mol. The van der Waals surface area contributed by atoms with Crippen LogP contribution in [0.1, 0.15) is 18.9 Å². The van der Waals surface area contributed by atoms with Gasteiger partial charge in [-0.2, -0.15) is 0 Å². The van der Waals surface area contributed by atoms with Gasteiger partial charge >= 0.3 is 0 Å². The number of carbonyl (C=O) groups is 1. The minimum Gasteiger partial charge on any atom is -0.495 e. The average Bonchev–Trinajstić information content (AvgIpc) is 2.76. The summed E-state index contributed by atoms with van der Waals surface area (Å²) < 4.78 is 32.1. The molecule has 1 aliphatic heterocycles. The summed E-state index contributed by atoms with van der Waals surface area (Å²) in [5.41, 5.74) is 2.47. The Balaban J connectivity index is 1.79. The van der Waals surface area contributed by atoms with Crippen molar-refractivity contribution in [3.8, 4) is 5.75 Å². The van der Waals surface area contributed by atoms with Gasteiger partial charge in [0.25, 0.3) is 0 Å². The molecule has 1 aliphatic rings. The van der Waals surface area contributed by atoms with Crippen molar-refractivity contribution >= 4 is 27.3 Å². The van der Waals surface area contributed by atoms with Crippen molar-refractivity contribution in [2.75, 3.05) is 48.7 Å². The summed E-state index contributed by atoms with van der Waals surface area (Å²) in [7, 11) is -1.99. The molecule has 0 bridgehead atoms. The fourth-order valence-electron chi connectivity index (χ4n) is 4.08. The van der Waals surface area contributed by atoms with Crippen LogP contribution in [0.3, 0.4) is 0 Å². The molecule has 1 fully saturated rings. The van der Waals surface area contributed by atoms with Crippen LogP contribution in [-0.2, 0) is 14.8 Å². The van der Waals surface area contributed by atoms with E-state index in [1.807, 2.05) is 50.2 Å². The van der Waals surface area contributed by atoms with Crippen LogP contribution in [0.2, 0.25) is 0 Å².